The molecule has 0 bridgehead atoms. The van der Waals surface area contributed by atoms with E-state index in [0.717, 1.165) is 6.07 Å². The predicted molar refractivity (Wildman–Crippen MR) is 96.2 cm³/mol. The van der Waals surface area contributed by atoms with E-state index in [-0.39, 0.29) is 40.9 Å². The molecule has 1 atom stereocenters. The molecule has 1 unspecified atom stereocenters. The lowest BCUT2D eigenvalue weighted by atomic mass is 9.92. The van der Waals surface area contributed by atoms with Gasteiger partial charge >= 0.3 is 6.18 Å². The number of piperidine rings is 1. The fourth-order valence-electron chi connectivity index (χ4n) is 3.72. The van der Waals surface area contributed by atoms with Gasteiger partial charge in [0.25, 0.3) is 11.6 Å². The molecule has 1 saturated heterocycles. The first-order valence-electron chi connectivity index (χ1n) is 9.15. The number of alkyl halides is 3. The third-order valence-corrected chi connectivity index (χ3v) is 5.21. The first-order chi connectivity index (χ1) is 13.8. The van der Waals surface area contributed by atoms with Gasteiger partial charge in [-0.2, -0.15) is 13.2 Å². The van der Waals surface area contributed by atoms with E-state index in [0.29, 0.717) is 30.6 Å². The van der Waals surface area contributed by atoms with Crippen LogP contribution in [0.5, 0.6) is 0 Å². The third-order valence-electron chi connectivity index (χ3n) is 5.21. The standard InChI is InChI=1S/C19H18F3N5O2/c1-10-13(7-23-9-24-10)18(28)27-5-3-4-12(8-27)15-6-14(19(20,21)22)16-11(2)26-29-17(16)25-15/h6-7,9,12H,3-5,8H2,1-2H3. The second-order valence-electron chi connectivity index (χ2n) is 7.15. The summed E-state index contributed by atoms with van der Waals surface area (Å²) in [6.07, 6.45) is -0.467. The topological polar surface area (TPSA) is 85.0 Å². The van der Waals surface area contributed by atoms with Crippen molar-refractivity contribution in [1.82, 2.24) is 25.0 Å². The molecule has 3 aromatic heterocycles. The van der Waals surface area contributed by atoms with E-state index >= 15 is 0 Å². The van der Waals surface area contributed by atoms with Crippen molar-refractivity contribution in [2.24, 2.45) is 0 Å². The van der Waals surface area contributed by atoms with Crippen LogP contribution in [-0.2, 0) is 6.18 Å². The first-order valence-corrected chi connectivity index (χ1v) is 9.15. The van der Waals surface area contributed by atoms with Crippen LogP contribution in [0.25, 0.3) is 11.1 Å². The minimum absolute atomic E-state index is 0.123. The maximum atomic E-state index is 13.6. The summed E-state index contributed by atoms with van der Waals surface area (Å²) in [5, 5.41) is 3.51. The van der Waals surface area contributed by atoms with Crippen LogP contribution < -0.4 is 0 Å². The lowest BCUT2D eigenvalue weighted by Crippen LogP contribution is -2.39. The van der Waals surface area contributed by atoms with E-state index in [9.17, 15) is 18.0 Å². The average Bonchev–Trinajstić information content (AvgIpc) is 3.07. The number of halogens is 3. The van der Waals surface area contributed by atoms with Gasteiger partial charge in [-0.25, -0.2) is 15.0 Å². The molecule has 29 heavy (non-hydrogen) atoms. The van der Waals surface area contributed by atoms with Gasteiger partial charge in [-0.05, 0) is 32.8 Å². The normalized spacial score (nSPS) is 17.7. The molecular weight excluding hydrogens is 387 g/mol. The number of amides is 1. The fourth-order valence-corrected chi connectivity index (χ4v) is 3.72. The van der Waals surface area contributed by atoms with Gasteiger partial charge in [0.05, 0.1) is 33.6 Å². The quantitative estimate of drug-likeness (QED) is 0.647. The van der Waals surface area contributed by atoms with Gasteiger partial charge in [-0.15, -0.1) is 0 Å². The molecule has 0 N–H and O–H groups in total. The molecule has 1 amide bonds. The summed E-state index contributed by atoms with van der Waals surface area (Å²) in [4.78, 5) is 26.7. The van der Waals surface area contributed by atoms with Crippen molar-refractivity contribution >= 4 is 17.0 Å². The zero-order valence-electron chi connectivity index (χ0n) is 15.8. The molecule has 10 heteroatoms. The molecule has 3 aromatic rings. The number of hydrogen-bond acceptors (Lipinski definition) is 6. The minimum atomic E-state index is -4.56. The molecule has 4 heterocycles. The van der Waals surface area contributed by atoms with Gasteiger partial charge in [0.15, 0.2) is 0 Å². The Bertz CT molecular complexity index is 1080. The molecule has 0 aromatic carbocycles. The highest BCUT2D eigenvalue weighted by Gasteiger charge is 2.37. The molecule has 152 valence electrons. The van der Waals surface area contributed by atoms with Crippen molar-refractivity contribution < 1.29 is 22.5 Å². The van der Waals surface area contributed by atoms with Crippen LogP contribution in [0.2, 0.25) is 0 Å². The molecule has 1 aliphatic heterocycles. The molecular formula is C19H18F3N5O2. The maximum Gasteiger partial charge on any atom is 0.417 e. The Kier molecular flexibility index (Phi) is 4.71. The number of carbonyl (C=O) groups is 1. The Morgan fingerprint density at radius 1 is 1.28 bits per heavy atom. The van der Waals surface area contributed by atoms with Crippen LogP contribution in [0.1, 0.15) is 51.8 Å². The van der Waals surface area contributed by atoms with Crippen LogP contribution in [-0.4, -0.2) is 44.0 Å². The van der Waals surface area contributed by atoms with Crippen molar-refractivity contribution in [3.63, 3.8) is 0 Å². The zero-order valence-corrected chi connectivity index (χ0v) is 15.8. The van der Waals surface area contributed by atoms with Crippen molar-refractivity contribution in [3.8, 4) is 0 Å². The number of nitrogens with zero attached hydrogens (tertiary/aromatic N) is 5. The van der Waals surface area contributed by atoms with Gasteiger partial charge in [0.1, 0.15) is 6.33 Å². The minimum Gasteiger partial charge on any atom is -0.338 e. The molecule has 0 radical (unpaired) electrons. The summed E-state index contributed by atoms with van der Waals surface area (Å²) in [6, 6.07) is 1.06. The Labute approximate surface area is 163 Å². The average molecular weight is 405 g/mol. The molecule has 0 saturated carbocycles. The molecule has 7 nitrogen and oxygen atoms in total. The smallest absolute Gasteiger partial charge is 0.338 e. The summed E-state index contributed by atoms with van der Waals surface area (Å²) in [5.74, 6) is -0.575. The highest BCUT2D eigenvalue weighted by atomic mass is 19.4. The lowest BCUT2D eigenvalue weighted by Gasteiger charge is -2.32. The van der Waals surface area contributed by atoms with Crippen molar-refractivity contribution in [1.29, 1.82) is 0 Å². The van der Waals surface area contributed by atoms with E-state index in [1.807, 2.05) is 0 Å². The molecule has 4 rings (SSSR count). The number of likely N-dealkylation sites (tertiary alicyclic amines) is 1. The Morgan fingerprint density at radius 3 is 2.79 bits per heavy atom. The van der Waals surface area contributed by atoms with Crippen LogP contribution >= 0.6 is 0 Å². The monoisotopic (exact) mass is 405 g/mol. The summed E-state index contributed by atoms with van der Waals surface area (Å²) < 4.78 is 45.9. The van der Waals surface area contributed by atoms with E-state index in [1.165, 1.54) is 19.4 Å². The summed E-state index contributed by atoms with van der Waals surface area (Å²) in [7, 11) is 0. The largest absolute Gasteiger partial charge is 0.417 e. The van der Waals surface area contributed by atoms with E-state index in [2.05, 4.69) is 20.1 Å². The Hall–Kier alpha value is -3.04. The molecule has 1 fully saturated rings. The van der Waals surface area contributed by atoms with Crippen LogP contribution in [0.15, 0.2) is 23.1 Å². The van der Waals surface area contributed by atoms with Crippen molar-refractivity contribution in [2.45, 2.75) is 38.8 Å². The molecule has 1 aliphatic rings. The molecule has 0 spiro atoms. The predicted octanol–water partition coefficient (Wildman–Crippen LogP) is 3.67. The summed E-state index contributed by atoms with van der Waals surface area (Å²) >= 11 is 0. The number of aromatic nitrogens is 4. The van der Waals surface area contributed by atoms with Crippen LogP contribution in [0, 0.1) is 13.8 Å². The lowest BCUT2D eigenvalue weighted by molar-refractivity contribution is -0.136. The third kappa shape index (κ3) is 3.54. The summed E-state index contributed by atoms with van der Waals surface area (Å²) in [5.41, 5.74) is 0.391. The van der Waals surface area contributed by atoms with E-state index < -0.39 is 11.7 Å². The SMILES string of the molecule is Cc1ncncc1C(=O)N1CCCC(c2cc(C(F)(F)F)c3c(C)noc3n2)C1. The van der Waals surface area contributed by atoms with Gasteiger partial charge in [-0.1, -0.05) is 5.16 Å². The number of aryl methyl sites for hydroxylation is 2. The summed E-state index contributed by atoms with van der Waals surface area (Å²) in [6.45, 7) is 3.94. The number of rotatable bonds is 2. The van der Waals surface area contributed by atoms with Gasteiger partial charge in [-0.3, -0.25) is 4.79 Å². The first kappa shape index (κ1) is 19.3. The van der Waals surface area contributed by atoms with Crippen LogP contribution in [0.3, 0.4) is 0 Å². The van der Waals surface area contributed by atoms with E-state index in [1.54, 1.807) is 11.8 Å². The maximum absolute atomic E-state index is 13.6. The fraction of sp³-hybridized carbons (Fsp3) is 0.421. The second-order valence-corrected chi connectivity index (χ2v) is 7.15. The van der Waals surface area contributed by atoms with E-state index in [4.69, 9.17) is 4.52 Å². The molecule has 0 aliphatic carbocycles. The van der Waals surface area contributed by atoms with Gasteiger partial charge in [0, 0.05) is 25.2 Å². The Morgan fingerprint density at radius 2 is 2.07 bits per heavy atom. The van der Waals surface area contributed by atoms with Gasteiger partial charge in [0.2, 0.25) is 0 Å². The zero-order chi connectivity index (χ0) is 20.8. The number of hydrogen-bond donors (Lipinski definition) is 0. The van der Waals surface area contributed by atoms with Crippen molar-refractivity contribution in [3.05, 3.63) is 46.8 Å². The number of fused-ring (bicyclic) bond motifs is 1. The number of carbonyl (C=O) groups excluding carboxylic acids is 1. The Balaban J connectivity index is 1.67. The highest BCUT2D eigenvalue weighted by molar-refractivity contribution is 5.95. The van der Waals surface area contributed by atoms with Crippen molar-refractivity contribution in [2.75, 3.05) is 13.1 Å². The van der Waals surface area contributed by atoms with Gasteiger partial charge < -0.3 is 9.42 Å². The highest BCUT2D eigenvalue weighted by Crippen LogP contribution is 2.38. The second kappa shape index (κ2) is 7.09. The number of pyridine rings is 1. The van der Waals surface area contributed by atoms with Crippen LogP contribution in [0.4, 0.5) is 13.2 Å².